The lowest BCUT2D eigenvalue weighted by Crippen LogP contribution is -2.15. The molecule has 5 nitrogen and oxygen atoms in total. The van der Waals surface area contributed by atoms with Crippen LogP contribution in [0.4, 0.5) is 5.82 Å². The second kappa shape index (κ2) is 6.85. The van der Waals surface area contributed by atoms with Crippen LogP contribution < -0.4 is 5.32 Å². The maximum absolute atomic E-state index is 11.4. The van der Waals surface area contributed by atoms with Crippen LogP contribution in [-0.4, -0.2) is 35.8 Å². The zero-order valence-electron chi connectivity index (χ0n) is 10.1. The second-order valence-corrected chi connectivity index (χ2v) is 3.82. The Balaban J connectivity index is 2.53. The molecule has 0 radical (unpaired) electrons. The molecule has 0 spiro atoms. The number of hydrogen-bond donors (Lipinski definition) is 2. The van der Waals surface area contributed by atoms with E-state index in [9.17, 15) is 4.79 Å². The fourth-order valence-electron chi connectivity index (χ4n) is 1.18. The summed E-state index contributed by atoms with van der Waals surface area (Å²) in [7, 11) is 0. The Morgan fingerprint density at radius 3 is 2.88 bits per heavy atom. The molecule has 0 saturated heterocycles. The molecule has 1 aromatic heterocycles. The quantitative estimate of drug-likeness (QED) is 0.731. The lowest BCUT2D eigenvalue weighted by Gasteiger charge is -2.10. The molecule has 0 aliphatic rings. The number of aromatic nitrogens is 1. The van der Waals surface area contributed by atoms with Crippen molar-refractivity contribution < 1.29 is 14.6 Å². The zero-order valence-corrected chi connectivity index (χ0v) is 10.1. The zero-order chi connectivity index (χ0) is 12.7. The highest BCUT2D eigenvalue weighted by Crippen LogP contribution is 2.07. The van der Waals surface area contributed by atoms with Crippen molar-refractivity contribution in [2.75, 3.05) is 25.1 Å². The van der Waals surface area contributed by atoms with Crippen LogP contribution in [-0.2, 0) is 4.74 Å². The number of carbonyl (C=O) groups is 1. The summed E-state index contributed by atoms with van der Waals surface area (Å²) in [4.78, 5) is 15.4. The van der Waals surface area contributed by atoms with E-state index < -0.39 is 0 Å². The van der Waals surface area contributed by atoms with Gasteiger partial charge in [-0.15, -0.1) is 0 Å². The fraction of sp³-hybridized carbons (Fsp3) is 0.500. The molecular formula is C12H18N2O3. The molecule has 2 N–H and O–H groups in total. The fourth-order valence-corrected chi connectivity index (χ4v) is 1.18. The standard InChI is InChI=1S/C12H18N2O3/c1-3-17-12(16)10-4-5-11(14-7-10)13-6-9(2)8-15/h4-5,7,9,15H,3,6,8H2,1-2H3,(H,13,14). The lowest BCUT2D eigenvalue weighted by molar-refractivity contribution is 0.0526. The van der Waals surface area contributed by atoms with Crippen molar-refractivity contribution in [2.24, 2.45) is 5.92 Å². The Kier molecular flexibility index (Phi) is 5.42. The number of pyridine rings is 1. The van der Waals surface area contributed by atoms with Crippen molar-refractivity contribution >= 4 is 11.8 Å². The van der Waals surface area contributed by atoms with E-state index in [2.05, 4.69) is 10.3 Å². The molecule has 1 rings (SSSR count). The van der Waals surface area contributed by atoms with Gasteiger partial charge in [-0.3, -0.25) is 0 Å². The van der Waals surface area contributed by atoms with E-state index in [4.69, 9.17) is 9.84 Å². The Hall–Kier alpha value is -1.62. The van der Waals surface area contributed by atoms with Gasteiger partial charge in [-0.1, -0.05) is 6.92 Å². The van der Waals surface area contributed by atoms with Gasteiger partial charge in [-0.25, -0.2) is 9.78 Å². The molecule has 1 heterocycles. The molecule has 0 aromatic carbocycles. The van der Waals surface area contributed by atoms with E-state index in [1.807, 2.05) is 6.92 Å². The number of aliphatic hydroxyl groups is 1. The van der Waals surface area contributed by atoms with Gasteiger partial charge >= 0.3 is 5.97 Å². The van der Waals surface area contributed by atoms with Gasteiger partial charge in [0.15, 0.2) is 0 Å². The van der Waals surface area contributed by atoms with Crippen LogP contribution in [0.5, 0.6) is 0 Å². The van der Waals surface area contributed by atoms with Crippen molar-refractivity contribution in [3.05, 3.63) is 23.9 Å². The minimum absolute atomic E-state index is 0.133. The molecule has 5 heteroatoms. The monoisotopic (exact) mass is 238 g/mol. The van der Waals surface area contributed by atoms with Crippen LogP contribution in [0.15, 0.2) is 18.3 Å². The maximum Gasteiger partial charge on any atom is 0.339 e. The summed E-state index contributed by atoms with van der Waals surface area (Å²) in [5.74, 6) is 0.482. The summed E-state index contributed by atoms with van der Waals surface area (Å²) >= 11 is 0. The van der Waals surface area contributed by atoms with Crippen molar-refractivity contribution in [1.29, 1.82) is 0 Å². The van der Waals surface area contributed by atoms with Gasteiger partial charge < -0.3 is 15.2 Å². The molecule has 1 atom stereocenters. The average molecular weight is 238 g/mol. The van der Waals surface area contributed by atoms with Crippen LogP contribution in [0.25, 0.3) is 0 Å². The SMILES string of the molecule is CCOC(=O)c1ccc(NCC(C)CO)nc1. The summed E-state index contributed by atoms with van der Waals surface area (Å²) in [5.41, 5.74) is 0.438. The van der Waals surface area contributed by atoms with Gasteiger partial charge in [-0.2, -0.15) is 0 Å². The molecule has 0 amide bonds. The minimum Gasteiger partial charge on any atom is -0.462 e. The molecule has 0 saturated carbocycles. The molecule has 94 valence electrons. The Labute approximate surface area is 101 Å². The smallest absolute Gasteiger partial charge is 0.339 e. The van der Waals surface area contributed by atoms with E-state index in [-0.39, 0.29) is 18.5 Å². The Morgan fingerprint density at radius 2 is 2.35 bits per heavy atom. The number of carbonyl (C=O) groups excluding carboxylic acids is 1. The number of ether oxygens (including phenoxy) is 1. The molecule has 1 aromatic rings. The highest BCUT2D eigenvalue weighted by Gasteiger charge is 2.06. The lowest BCUT2D eigenvalue weighted by atomic mass is 10.2. The van der Waals surface area contributed by atoms with Crippen molar-refractivity contribution in [3.8, 4) is 0 Å². The van der Waals surface area contributed by atoms with Gasteiger partial charge in [-0.05, 0) is 25.0 Å². The van der Waals surface area contributed by atoms with Gasteiger partial charge in [0.2, 0.25) is 0 Å². The summed E-state index contributed by atoms with van der Waals surface area (Å²) in [5, 5.41) is 11.9. The van der Waals surface area contributed by atoms with E-state index in [0.717, 1.165) is 0 Å². The number of nitrogens with one attached hydrogen (secondary N) is 1. The van der Waals surface area contributed by atoms with E-state index in [1.165, 1.54) is 6.20 Å². The summed E-state index contributed by atoms with van der Waals surface area (Å²) in [6.07, 6.45) is 1.48. The Morgan fingerprint density at radius 1 is 1.59 bits per heavy atom. The predicted octanol–water partition coefficient (Wildman–Crippen LogP) is 1.30. The first kappa shape index (κ1) is 13.4. The number of rotatable bonds is 6. The first-order chi connectivity index (χ1) is 8.17. The number of nitrogens with zero attached hydrogens (tertiary/aromatic N) is 1. The summed E-state index contributed by atoms with van der Waals surface area (Å²) < 4.78 is 4.85. The normalized spacial score (nSPS) is 11.9. The number of esters is 1. The van der Waals surface area contributed by atoms with Gasteiger partial charge in [0.05, 0.1) is 12.2 Å². The summed E-state index contributed by atoms with van der Waals surface area (Å²) in [6, 6.07) is 3.38. The molecule has 1 unspecified atom stereocenters. The molecule has 0 fully saturated rings. The second-order valence-electron chi connectivity index (χ2n) is 3.82. The maximum atomic E-state index is 11.4. The van der Waals surface area contributed by atoms with E-state index in [1.54, 1.807) is 19.1 Å². The minimum atomic E-state index is -0.365. The van der Waals surface area contributed by atoms with Crippen LogP contribution in [0, 0.1) is 5.92 Å². The van der Waals surface area contributed by atoms with Crippen LogP contribution in [0.1, 0.15) is 24.2 Å². The van der Waals surface area contributed by atoms with E-state index >= 15 is 0 Å². The van der Waals surface area contributed by atoms with Crippen LogP contribution >= 0.6 is 0 Å². The predicted molar refractivity (Wildman–Crippen MR) is 64.9 cm³/mol. The summed E-state index contributed by atoms with van der Waals surface area (Å²) in [6.45, 7) is 4.82. The van der Waals surface area contributed by atoms with Gasteiger partial charge in [0.1, 0.15) is 5.82 Å². The van der Waals surface area contributed by atoms with Gasteiger partial charge in [0.25, 0.3) is 0 Å². The van der Waals surface area contributed by atoms with Crippen LogP contribution in [0.3, 0.4) is 0 Å². The molecular weight excluding hydrogens is 220 g/mol. The first-order valence-corrected chi connectivity index (χ1v) is 5.65. The van der Waals surface area contributed by atoms with Crippen LogP contribution in [0.2, 0.25) is 0 Å². The topological polar surface area (TPSA) is 71.5 Å². The van der Waals surface area contributed by atoms with Crippen molar-refractivity contribution in [2.45, 2.75) is 13.8 Å². The number of hydrogen-bond acceptors (Lipinski definition) is 5. The van der Waals surface area contributed by atoms with Gasteiger partial charge in [0, 0.05) is 19.3 Å². The highest BCUT2D eigenvalue weighted by molar-refractivity contribution is 5.89. The van der Waals surface area contributed by atoms with Crippen molar-refractivity contribution in [3.63, 3.8) is 0 Å². The highest BCUT2D eigenvalue weighted by atomic mass is 16.5. The van der Waals surface area contributed by atoms with E-state index in [0.29, 0.717) is 24.5 Å². The molecule has 0 bridgehead atoms. The number of anilines is 1. The third kappa shape index (κ3) is 4.40. The molecule has 0 aliphatic heterocycles. The largest absolute Gasteiger partial charge is 0.462 e. The Bertz CT molecular complexity index is 351. The molecule has 0 aliphatic carbocycles. The third-order valence-electron chi connectivity index (χ3n) is 2.22. The third-order valence-corrected chi connectivity index (χ3v) is 2.22. The first-order valence-electron chi connectivity index (χ1n) is 5.65. The average Bonchev–Trinajstić information content (AvgIpc) is 2.36. The number of aliphatic hydroxyl groups excluding tert-OH is 1. The molecule has 17 heavy (non-hydrogen) atoms. The van der Waals surface area contributed by atoms with Crippen molar-refractivity contribution in [1.82, 2.24) is 4.98 Å².